The van der Waals surface area contributed by atoms with Crippen LogP contribution in [0.3, 0.4) is 0 Å². The van der Waals surface area contributed by atoms with Crippen molar-refractivity contribution < 1.29 is 0 Å². The van der Waals surface area contributed by atoms with Crippen LogP contribution in [0.15, 0.2) is 18.2 Å². The van der Waals surface area contributed by atoms with Gasteiger partial charge in [-0.1, -0.05) is 30.5 Å². The molecular weight excluding hydrogens is 232 g/mol. The van der Waals surface area contributed by atoms with Crippen LogP contribution < -0.4 is 10.2 Å². The summed E-state index contributed by atoms with van der Waals surface area (Å²) in [5, 5.41) is 4.38. The van der Waals surface area contributed by atoms with Crippen molar-refractivity contribution in [2.24, 2.45) is 5.92 Å². The maximum absolute atomic E-state index is 6.24. The van der Waals surface area contributed by atoms with E-state index in [4.69, 9.17) is 11.6 Å². The van der Waals surface area contributed by atoms with Crippen LogP contribution in [-0.4, -0.2) is 20.1 Å². The Morgan fingerprint density at radius 3 is 2.71 bits per heavy atom. The van der Waals surface area contributed by atoms with Gasteiger partial charge in [0.05, 0.1) is 16.4 Å². The van der Waals surface area contributed by atoms with Crippen molar-refractivity contribution >= 4 is 23.0 Å². The van der Waals surface area contributed by atoms with Crippen molar-refractivity contribution in [2.75, 3.05) is 24.3 Å². The zero-order chi connectivity index (χ0) is 12.4. The topological polar surface area (TPSA) is 15.3 Å². The second-order valence-electron chi connectivity index (χ2n) is 5.25. The Hall–Kier alpha value is -0.890. The van der Waals surface area contributed by atoms with Crippen molar-refractivity contribution in [3.63, 3.8) is 0 Å². The second kappa shape index (κ2) is 5.18. The first-order valence-corrected chi connectivity index (χ1v) is 6.68. The molecule has 1 fully saturated rings. The van der Waals surface area contributed by atoms with Crippen LogP contribution >= 0.6 is 11.6 Å². The van der Waals surface area contributed by atoms with E-state index in [9.17, 15) is 0 Å². The molecule has 1 unspecified atom stereocenters. The SMILES string of the molecule is CC(CC1CC1)Nc1cccc(Cl)c1N(C)C. The molecule has 0 saturated heterocycles. The number of para-hydroxylation sites is 1. The van der Waals surface area contributed by atoms with Crippen molar-refractivity contribution in [1.29, 1.82) is 0 Å². The summed E-state index contributed by atoms with van der Waals surface area (Å²) in [4.78, 5) is 2.06. The van der Waals surface area contributed by atoms with Gasteiger partial charge in [-0.25, -0.2) is 0 Å². The van der Waals surface area contributed by atoms with Gasteiger partial charge < -0.3 is 10.2 Å². The van der Waals surface area contributed by atoms with E-state index in [0.29, 0.717) is 6.04 Å². The van der Waals surface area contributed by atoms with Gasteiger partial charge in [0.2, 0.25) is 0 Å². The normalized spacial score (nSPS) is 16.7. The van der Waals surface area contributed by atoms with Crippen LogP contribution in [0, 0.1) is 5.92 Å². The van der Waals surface area contributed by atoms with E-state index in [1.807, 2.05) is 26.2 Å². The highest BCUT2D eigenvalue weighted by molar-refractivity contribution is 6.34. The fraction of sp³-hybridized carbons (Fsp3) is 0.571. The monoisotopic (exact) mass is 252 g/mol. The van der Waals surface area contributed by atoms with Crippen LogP contribution in [0.5, 0.6) is 0 Å². The lowest BCUT2D eigenvalue weighted by molar-refractivity contribution is 0.642. The van der Waals surface area contributed by atoms with Gasteiger partial charge in [0.1, 0.15) is 0 Å². The average molecular weight is 253 g/mol. The van der Waals surface area contributed by atoms with Crippen LogP contribution in [0.4, 0.5) is 11.4 Å². The van der Waals surface area contributed by atoms with Crippen molar-refractivity contribution in [1.82, 2.24) is 0 Å². The van der Waals surface area contributed by atoms with Gasteiger partial charge in [0, 0.05) is 20.1 Å². The lowest BCUT2D eigenvalue weighted by atomic mass is 10.1. The predicted octanol–water partition coefficient (Wildman–Crippen LogP) is 4.01. The summed E-state index contributed by atoms with van der Waals surface area (Å²) < 4.78 is 0. The van der Waals surface area contributed by atoms with E-state index in [-0.39, 0.29) is 0 Å². The zero-order valence-corrected chi connectivity index (χ0v) is 11.6. The molecule has 0 bridgehead atoms. The molecule has 0 amide bonds. The third kappa shape index (κ3) is 3.29. The van der Waals surface area contributed by atoms with Gasteiger partial charge >= 0.3 is 0 Å². The first-order chi connectivity index (χ1) is 8.08. The summed E-state index contributed by atoms with van der Waals surface area (Å²) >= 11 is 6.24. The van der Waals surface area contributed by atoms with Crippen LogP contribution in [0.1, 0.15) is 26.2 Å². The summed E-state index contributed by atoms with van der Waals surface area (Å²) in [6.07, 6.45) is 4.07. The molecule has 0 spiro atoms. The molecule has 2 rings (SSSR count). The molecule has 1 saturated carbocycles. The molecule has 1 aromatic carbocycles. The van der Waals surface area contributed by atoms with Gasteiger partial charge in [0.25, 0.3) is 0 Å². The van der Waals surface area contributed by atoms with E-state index in [1.54, 1.807) is 0 Å². The van der Waals surface area contributed by atoms with Crippen molar-refractivity contribution in [3.05, 3.63) is 23.2 Å². The third-order valence-electron chi connectivity index (χ3n) is 3.22. The Labute approximate surface area is 109 Å². The Morgan fingerprint density at radius 2 is 2.12 bits per heavy atom. The summed E-state index contributed by atoms with van der Waals surface area (Å²) in [5.74, 6) is 0.944. The Kier molecular flexibility index (Phi) is 3.82. The third-order valence-corrected chi connectivity index (χ3v) is 3.52. The maximum atomic E-state index is 6.24. The molecule has 0 aromatic heterocycles. The molecule has 94 valence electrons. The maximum Gasteiger partial charge on any atom is 0.0786 e. The first kappa shape index (κ1) is 12.6. The standard InChI is InChI=1S/C14H21ClN2/c1-10(9-11-7-8-11)16-13-6-4-5-12(15)14(13)17(2)3/h4-6,10-11,16H,7-9H2,1-3H3. The van der Waals surface area contributed by atoms with Gasteiger partial charge in [-0.05, 0) is 31.4 Å². The van der Waals surface area contributed by atoms with Crippen molar-refractivity contribution in [2.45, 2.75) is 32.2 Å². The van der Waals surface area contributed by atoms with E-state index in [1.165, 1.54) is 19.3 Å². The first-order valence-electron chi connectivity index (χ1n) is 6.30. The fourth-order valence-corrected chi connectivity index (χ4v) is 2.61. The van der Waals surface area contributed by atoms with E-state index < -0.39 is 0 Å². The minimum Gasteiger partial charge on any atom is -0.381 e. The zero-order valence-electron chi connectivity index (χ0n) is 10.8. The highest BCUT2D eigenvalue weighted by Crippen LogP contribution is 2.36. The summed E-state index contributed by atoms with van der Waals surface area (Å²) in [6, 6.07) is 6.55. The molecule has 2 nitrogen and oxygen atoms in total. The molecule has 0 aliphatic heterocycles. The van der Waals surface area contributed by atoms with Crippen LogP contribution in [0.25, 0.3) is 0 Å². The van der Waals surface area contributed by atoms with E-state index in [2.05, 4.69) is 23.2 Å². The molecule has 0 radical (unpaired) electrons. The molecule has 3 heteroatoms. The largest absolute Gasteiger partial charge is 0.381 e. The number of benzene rings is 1. The molecular formula is C14H21ClN2. The van der Waals surface area contributed by atoms with Gasteiger partial charge in [-0.15, -0.1) is 0 Å². The summed E-state index contributed by atoms with van der Waals surface area (Å²) in [7, 11) is 4.05. The van der Waals surface area contributed by atoms with Gasteiger partial charge in [-0.2, -0.15) is 0 Å². The smallest absolute Gasteiger partial charge is 0.0786 e. The number of halogens is 1. The number of rotatable bonds is 5. The van der Waals surface area contributed by atoms with Crippen LogP contribution in [0.2, 0.25) is 5.02 Å². The second-order valence-corrected chi connectivity index (χ2v) is 5.66. The lowest BCUT2D eigenvalue weighted by Crippen LogP contribution is -2.19. The van der Waals surface area contributed by atoms with E-state index in [0.717, 1.165) is 22.3 Å². The fourth-order valence-electron chi connectivity index (χ4n) is 2.26. The molecule has 1 aliphatic rings. The highest BCUT2D eigenvalue weighted by atomic mass is 35.5. The lowest BCUT2D eigenvalue weighted by Gasteiger charge is -2.23. The quantitative estimate of drug-likeness (QED) is 0.852. The van der Waals surface area contributed by atoms with Gasteiger partial charge in [0.15, 0.2) is 0 Å². The van der Waals surface area contributed by atoms with E-state index >= 15 is 0 Å². The van der Waals surface area contributed by atoms with Crippen molar-refractivity contribution in [3.8, 4) is 0 Å². The number of anilines is 2. The summed E-state index contributed by atoms with van der Waals surface area (Å²) in [6.45, 7) is 2.25. The molecule has 1 atom stereocenters. The number of nitrogens with one attached hydrogen (secondary N) is 1. The van der Waals surface area contributed by atoms with Gasteiger partial charge in [-0.3, -0.25) is 0 Å². The number of nitrogens with zero attached hydrogens (tertiary/aromatic N) is 1. The molecule has 0 heterocycles. The average Bonchev–Trinajstić information content (AvgIpc) is 3.00. The predicted molar refractivity (Wildman–Crippen MR) is 76.2 cm³/mol. The Morgan fingerprint density at radius 1 is 1.41 bits per heavy atom. The molecule has 1 aromatic rings. The van der Waals surface area contributed by atoms with Crippen LogP contribution in [-0.2, 0) is 0 Å². The number of hydrogen-bond acceptors (Lipinski definition) is 2. The summed E-state index contributed by atoms with van der Waals surface area (Å²) in [5.41, 5.74) is 2.22. The molecule has 17 heavy (non-hydrogen) atoms. The molecule has 1 aliphatic carbocycles. The Balaban J connectivity index is 2.10. The Bertz CT molecular complexity index is 386. The minimum absolute atomic E-state index is 0.514. The number of hydrogen-bond donors (Lipinski definition) is 1. The molecule has 1 N–H and O–H groups in total. The minimum atomic E-state index is 0.514. The highest BCUT2D eigenvalue weighted by Gasteiger charge is 2.24.